The molecule has 0 N–H and O–H groups in total. The van der Waals surface area contributed by atoms with E-state index in [2.05, 4.69) is 140 Å². The highest BCUT2D eigenvalue weighted by Crippen LogP contribution is 2.72. The first-order valence-corrected chi connectivity index (χ1v) is 13.3. The largest absolute Gasteiger partial charge is 0.297 e. The van der Waals surface area contributed by atoms with Gasteiger partial charge in [0.25, 0.3) is 0 Å². The predicted octanol–water partition coefficient (Wildman–Crippen LogP) is 8.24. The van der Waals surface area contributed by atoms with Crippen LogP contribution in [-0.4, -0.2) is 5.78 Å². The molecule has 1 fully saturated rings. The molecule has 0 amide bonds. The van der Waals surface area contributed by atoms with E-state index in [1.54, 1.807) is 0 Å². The lowest BCUT2D eigenvalue weighted by molar-refractivity contribution is -0.123. The maximum atomic E-state index is 15.5. The monoisotopic (exact) mass is 488 g/mol. The molecular weight excluding hydrogens is 460 g/mol. The van der Waals surface area contributed by atoms with Crippen molar-refractivity contribution in [2.75, 3.05) is 0 Å². The topological polar surface area (TPSA) is 17.1 Å². The van der Waals surface area contributed by atoms with Crippen molar-refractivity contribution in [3.05, 3.63) is 179 Å². The van der Waals surface area contributed by atoms with Gasteiger partial charge in [0.1, 0.15) is 0 Å². The third-order valence-corrected chi connectivity index (χ3v) is 8.67. The average Bonchev–Trinajstić information content (AvgIpc) is 3.41. The Morgan fingerprint density at radius 2 is 0.895 bits per heavy atom. The molecule has 2 aliphatic rings. The Labute approximate surface area is 224 Å². The molecular formula is C37H28O. The van der Waals surface area contributed by atoms with Crippen molar-refractivity contribution in [3.63, 3.8) is 0 Å². The van der Waals surface area contributed by atoms with Gasteiger partial charge >= 0.3 is 0 Å². The fourth-order valence-electron chi connectivity index (χ4n) is 7.28. The van der Waals surface area contributed by atoms with Gasteiger partial charge in [-0.1, -0.05) is 152 Å². The number of Topliss-reactive ketones (excluding diaryl/α,β-unsaturated/α-hetero) is 1. The number of fused-ring (bicyclic) bond motifs is 2. The van der Waals surface area contributed by atoms with Crippen LogP contribution in [0.25, 0.3) is 11.1 Å². The van der Waals surface area contributed by atoms with E-state index >= 15 is 4.79 Å². The lowest BCUT2D eigenvalue weighted by Gasteiger charge is -2.39. The average molecular weight is 489 g/mol. The zero-order chi connectivity index (χ0) is 25.6. The fraction of sp³-hybridized carbons (Fsp3) is 0.108. The molecule has 38 heavy (non-hydrogen) atoms. The van der Waals surface area contributed by atoms with E-state index in [-0.39, 0.29) is 11.7 Å². The number of hydrogen-bond acceptors (Lipinski definition) is 1. The van der Waals surface area contributed by atoms with E-state index in [0.717, 1.165) is 39.8 Å². The first kappa shape index (κ1) is 22.7. The minimum absolute atomic E-state index is 0.00137. The molecule has 0 saturated heterocycles. The van der Waals surface area contributed by atoms with Crippen molar-refractivity contribution in [3.8, 4) is 0 Å². The van der Waals surface area contributed by atoms with Crippen LogP contribution < -0.4 is 0 Å². The second-order valence-electron chi connectivity index (χ2n) is 10.4. The summed E-state index contributed by atoms with van der Waals surface area (Å²) in [5, 5.41) is 0. The third-order valence-electron chi connectivity index (χ3n) is 8.67. The molecule has 182 valence electrons. The summed E-state index contributed by atoms with van der Waals surface area (Å²) in [4.78, 5) is 15.5. The van der Waals surface area contributed by atoms with Crippen molar-refractivity contribution in [2.45, 2.75) is 23.2 Å². The van der Waals surface area contributed by atoms with Gasteiger partial charge in [-0.2, -0.15) is 0 Å². The van der Waals surface area contributed by atoms with Crippen molar-refractivity contribution in [2.24, 2.45) is 0 Å². The first-order chi connectivity index (χ1) is 18.8. The van der Waals surface area contributed by atoms with Crippen LogP contribution in [0.2, 0.25) is 0 Å². The van der Waals surface area contributed by atoms with Crippen molar-refractivity contribution in [1.29, 1.82) is 0 Å². The van der Waals surface area contributed by atoms with Crippen LogP contribution in [0.3, 0.4) is 0 Å². The highest BCUT2D eigenvalue weighted by Gasteiger charge is 2.72. The Morgan fingerprint density at radius 1 is 0.474 bits per heavy atom. The van der Waals surface area contributed by atoms with Gasteiger partial charge in [-0.3, -0.25) is 4.79 Å². The van der Waals surface area contributed by atoms with Gasteiger partial charge < -0.3 is 0 Å². The molecule has 0 aromatic heterocycles. The number of carbonyl (C=O) groups is 1. The molecule has 1 saturated carbocycles. The molecule has 5 aromatic carbocycles. The Bertz CT molecular complexity index is 1620. The van der Waals surface area contributed by atoms with E-state index in [0.29, 0.717) is 0 Å². The van der Waals surface area contributed by atoms with Crippen LogP contribution in [0.5, 0.6) is 0 Å². The zero-order valence-corrected chi connectivity index (χ0v) is 21.1. The highest BCUT2D eigenvalue weighted by atomic mass is 16.1. The van der Waals surface area contributed by atoms with Crippen molar-refractivity contribution >= 4 is 16.9 Å². The summed E-state index contributed by atoms with van der Waals surface area (Å²) in [7, 11) is 0. The van der Waals surface area contributed by atoms with Gasteiger partial charge in [-0.25, -0.2) is 0 Å². The molecule has 0 spiro atoms. The summed E-state index contributed by atoms with van der Waals surface area (Å²) in [5.74, 6) is 0.287. The lowest BCUT2D eigenvalue weighted by atomic mass is 9.61. The van der Waals surface area contributed by atoms with Gasteiger partial charge in [0.05, 0.1) is 10.8 Å². The normalized spacial score (nSPS) is 24.1. The van der Waals surface area contributed by atoms with E-state index in [1.165, 1.54) is 5.56 Å². The number of allylic oxidation sites excluding steroid dienone is 2. The molecule has 0 unspecified atom stereocenters. The number of carbonyl (C=O) groups excluding carboxylic acids is 1. The van der Waals surface area contributed by atoms with Crippen LogP contribution >= 0.6 is 0 Å². The number of rotatable bonds is 5. The molecule has 7 rings (SSSR count). The quantitative estimate of drug-likeness (QED) is 0.243. The van der Waals surface area contributed by atoms with E-state index in [9.17, 15) is 0 Å². The Kier molecular flexibility index (Phi) is 5.26. The zero-order valence-electron chi connectivity index (χ0n) is 21.1. The summed E-state index contributed by atoms with van der Waals surface area (Å²) in [6.45, 7) is 0. The molecule has 2 aliphatic carbocycles. The fourth-order valence-corrected chi connectivity index (χ4v) is 7.28. The Morgan fingerprint density at radius 3 is 1.42 bits per heavy atom. The van der Waals surface area contributed by atoms with Crippen molar-refractivity contribution < 1.29 is 4.79 Å². The SMILES string of the molecule is O=C1[C@]2(c3ccccc3)C[C@@H](c3ccccc3)[C@]1(c1ccccc1)C(c1ccccc1)=C2c1ccccc1. The smallest absolute Gasteiger partial charge is 0.163 e. The Balaban J connectivity index is 1.68. The van der Waals surface area contributed by atoms with Crippen LogP contribution in [0.15, 0.2) is 152 Å². The van der Waals surface area contributed by atoms with Gasteiger partial charge in [0.2, 0.25) is 0 Å². The van der Waals surface area contributed by atoms with Gasteiger partial charge in [0, 0.05) is 5.92 Å². The number of benzene rings is 5. The van der Waals surface area contributed by atoms with Gasteiger partial charge in [0.15, 0.2) is 5.78 Å². The lowest BCUT2D eigenvalue weighted by Crippen LogP contribution is -2.38. The van der Waals surface area contributed by atoms with Crippen LogP contribution in [-0.2, 0) is 15.6 Å². The molecule has 5 aromatic rings. The van der Waals surface area contributed by atoms with Crippen molar-refractivity contribution in [1.82, 2.24) is 0 Å². The maximum Gasteiger partial charge on any atom is 0.163 e. The first-order valence-electron chi connectivity index (χ1n) is 13.3. The second-order valence-corrected chi connectivity index (χ2v) is 10.4. The standard InChI is InChI=1S/C37H28O/c38-35-36(30-22-12-4-13-23-30)26-32(27-16-6-1-7-17-27)37(35,31-24-14-5-15-25-31)34(29-20-10-3-11-21-29)33(36)28-18-8-2-9-19-28/h1-25,32H,26H2/t32-,36-,37+/m0/s1. The van der Waals surface area contributed by atoms with Crippen LogP contribution in [0, 0.1) is 0 Å². The second kappa shape index (κ2) is 8.82. The van der Waals surface area contributed by atoms with E-state index in [1.807, 2.05) is 12.1 Å². The number of hydrogen-bond donors (Lipinski definition) is 0. The summed E-state index contributed by atoms with van der Waals surface area (Å²) in [6, 6.07) is 52.8. The molecule has 1 nitrogen and oxygen atoms in total. The summed E-state index contributed by atoms with van der Waals surface area (Å²) in [6.07, 6.45) is 0.731. The van der Waals surface area contributed by atoms with E-state index in [4.69, 9.17) is 0 Å². The Hall–Kier alpha value is -4.49. The van der Waals surface area contributed by atoms with E-state index < -0.39 is 10.8 Å². The van der Waals surface area contributed by atoms with Crippen LogP contribution in [0.1, 0.15) is 40.2 Å². The molecule has 0 aliphatic heterocycles. The molecule has 0 radical (unpaired) electrons. The molecule has 1 heteroatoms. The van der Waals surface area contributed by atoms with Gasteiger partial charge in [-0.15, -0.1) is 0 Å². The maximum absolute atomic E-state index is 15.5. The van der Waals surface area contributed by atoms with Gasteiger partial charge in [-0.05, 0) is 45.4 Å². The summed E-state index contributed by atoms with van der Waals surface area (Å²) < 4.78 is 0. The molecule has 0 heterocycles. The van der Waals surface area contributed by atoms with Crippen LogP contribution in [0.4, 0.5) is 0 Å². The minimum Gasteiger partial charge on any atom is -0.297 e. The summed E-state index contributed by atoms with van der Waals surface area (Å²) >= 11 is 0. The minimum atomic E-state index is -0.815. The number of ketones is 1. The highest BCUT2D eigenvalue weighted by molar-refractivity contribution is 6.29. The predicted molar refractivity (Wildman–Crippen MR) is 155 cm³/mol. The summed E-state index contributed by atoms with van der Waals surface area (Å²) in [5.41, 5.74) is 6.31. The molecule has 2 bridgehead atoms. The third kappa shape index (κ3) is 3.02. The molecule has 3 atom stereocenters.